The van der Waals surface area contributed by atoms with E-state index in [1.807, 2.05) is 6.92 Å². The molecule has 0 amide bonds. The van der Waals surface area contributed by atoms with Crippen LogP contribution in [0.25, 0.3) is 0 Å². The minimum atomic E-state index is -3.34. The van der Waals surface area contributed by atoms with Gasteiger partial charge in [-0.1, -0.05) is 17.7 Å². The first-order valence-electron chi connectivity index (χ1n) is 5.21. The fourth-order valence-corrected chi connectivity index (χ4v) is 3.29. The van der Waals surface area contributed by atoms with Gasteiger partial charge < -0.3 is 5.11 Å². The molecule has 0 saturated carbocycles. The first-order valence-corrected chi connectivity index (χ1v) is 6.65. The number of nitrogens with zero attached hydrogens (tertiary/aromatic N) is 1. The normalized spacial score (nSPS) is 18.4. The molecule has 1 heterocycles. The minimum Gasteiger partial charge on any atom is -0.396 e. The third kappa shape index (κ3) is 1.98. The SMILES string of the molecule is Cc1ccc(S(=O)(=O)N2CC(CO)C2)cc1. The Morgan fingerprint density at radius 1 is 1.31 bits per heavy atom. The van der Waals surface area contributed by atoms with Crippen LogP contribution in [0.1, 0.15) is 5.56 Å². The Hall–Kier alpha value is -0.910. The number of rotatable bonds is 3. The van der Waals surface area contributed by atoms with Crippen molar-refractivity contribution in [1.82, 2.24) is 4.31 Å². The van der Waals surface area contributed by atoms with E-state index in [9.17, 15) is 8.42 Å². The van der Waals surface area contributed by atoms with Crippen LogP contribution < -0.4 is 0 Å². The Bertz CT molecular complexity index is 461. The molecule has 1 fully saturated rings. The number of sulfonamides is 1. The van der Waals surface area contributed by atoms with Crippen molar-refractivity contribution in [1.29, 1.82) is 0 Å². The molecule has 1 aromatic carbocycles. The summed E-state index contributed by atoms with van der Waals surface area (Å²) in [6, 6.07) is 6.82. The molecule has 0 unspecified atom stereocenters. The molecule has 1 aliphatic rings. The molecule has 0 spiro atoms. The summed E-state index contributed by atoms with van der Waals surface area (Å²) >= 11 is 0. The van der Waals surface area contributed by atoms with Crippen molar-refractivity contribution < 1.29 is 13.5 Å². The van der Waals surface area contributed by atoms with E-state index >= 15 is 0 Å². The first kappa shape index (κ1) is 11.6. The van der Waals surface area contributed by atoms with Crippen LogP contribution in [-0.2, 0) is 10.0 Å². The van der Waals surface area contributed by atoms with Gasteiger partial charge in [-0.3, -0.25) is 0 Å². The summed E-state index contributed by atoms with van der Waals surface area (Å²) in [6.07, 6.45) is 0. The lowest BCUT2D eigenvalue weighted by Crippen LogP contribution is -2.51. The monoisotopic (exact) mass is 241 g/mol. The van der Waals surface area contributed by atoms with Crippen molar-refractivity contribution in [3.8, 4) is 0 Å². The topological polar surface area (TPSA) is 57.6 Å². The summed E-state index contributed by atoms with van der Waals surface area (Å²) in [5.74, 6) is 0.0974. The Morgan fingerprint density at radius 2 is 1.88 bits per heavy atom. The molecule has 2 rings (SSSR count). The summed E-state index contributed by atoms with van der Waals surface area (Å²) in [4.78, 5) is 0.328. The van der Waals surface area contributed by atoms with Gasteiger partial charge in [-0.25, -0.2) is 8.42 Å². The molecule has 1 aromatic rings. The van der Waals surface area contributed by atoms with E-state index in [-0.39, 0.29) is 12.5 Å². The maximum Gasteiger partial charge on any atom is 0.243 e. The minimum absolute atomic E-state index is 0.0555. The zero-order chi connectivity index (χ0) is 11.8. The fraction of sp³-hybridized carbons (Fsp3) is 0.455. The maximum atomic E-state index is 12.0. The number of aryl methyl sites for hydroxylation is 1. The Kier molecular flexibility index (Phi) is 3.01. The van der Waals surface area contributed by atoms with Crippen LogP contribution in [0.15, 0.2) is 29.2 Å². The van der Waals surface area contributed by atoms with E-state index in [1.165, 1.54) is 4.31 Å². The predicted octanol–water partition coefficient (Wildman–Crippen LogP) is 0.608. The van der Waals surface area contributed by atoms with Crippen LogP contribution in [-0.4, -0.2) is 37.5 Å². The second-order valence-corrected chi connectivity index (χ2v) is 6.12. The molecule has 1 N–H and O–H groups in total. The zero-order valence-electron chi connectivity index (χ0n) is 9.13. The Balaban J connectivity index is 2.17. The highest BCUT2D eigenvalue weighted by atomic mass is 32.2. The van der Waals surface area contributed by atoms with Crippen LogP contribution in [0.4, 0.5) is 0 Å². The van der Waals surface area contributed by atoms with Crippen LogP contribution in [0.3, 0.4) is 0 Å². The van der Waals surface area contributed by atoms with E-state index in [1.54, 1.807) is 24.3 Å². The third-order valence-electron chi connectivity index (χ3n) is 2.84. The van der Waals surface area contributed by atoms with Gasteiger partial charge in [0.25, 0.3) is 0 Å². The van der Waals surface area contributed by atoms with Crippen molar-refractivity contribution >= 4 is 10.0 Å². The van der Waals surface area contributed by atoms with Gasteiger partial charge in [0, 0.05) is 25.6 Å². The largest absolute Gasteiger partial charge is 0.396 e. The number of hydrogen-bond donors (Lipinski definition) is 1. The number of hydrogen-bond acceptors (Lipinski definition) is 3. The van der Waals surface area contributed by atoms with Gasteiger partial charge in [0.15, 0.2) is 0 Å². The molecule has 88 valence electrons. The third-order valence-corrected chi connectivity index (χ3v) is 4.69. The quantitative estimate of drug-likeness (QED) is 0.843. The van der Waals surface area contributed by atoms with Crippen LogP contribution in [0.5, 0.6) is 0 Å². The molecule has 5 heteroatoms. The van der Waals surface area contributed by atoms with Crippen molar-refractivity contribution in [3.05, 3.63) is 29.8 Å². The van der Waals surface area contributed by atoms with E-state index in [0.717, 1.165) is 5.56 Å². The van der Waals surface area contributed by atoms with E-state index in [4.69, 9.17) is 5.11 Å². The smallest absolute Gasteiger partial charge is 0.243 e. The average molecular weight is 241 g/mol. The van der Waals surface area contributed by atoms with Crippen molar-refractivity contribution in [3.63, 3.8) is 0 Å². The molecular formula is C11H15NO3S. The first-order chi connectivity index (χ1) is 7.54. The Labute approximate surface area is 95.6 Å². The van der Waals surface area contributed by atoms with E-state index < -0.39 is 10.0 Å². The summed E-state index contributed by atoms with van der Waals surface area (Å²) in [5, 5.41) is 8.85. The van der Waals surface area contributed by atoms with Gasteiger partial charge in [0.1, 0.15) is 0 Å². The van der Waals surface area contributed by atoms with Crippen LogP contribution in [0.2, 0.25) is 0 Å². The molecule has 0 aliphatic carbocycles. The van der Waals surface area contributed by atoms with Crippen molar-refractivity contribution in [2.75, 3.05) is 19.7 Å². The van der Waals surface area contributed by atoms with Gasteiger partial charge >= 0.3 is 0 Å². The molecule has 0 atom stereocenters. The standard InChI is InChI=1S/C11H15NO3S/c1-9-2-4-11(5-3-9)16(14,15)12-6-10(7-12)8-13/h2-5,10,13H,6-8H2,1H3. The van der Waals surface area contributed by atoms with Gasteiger partial charge in [-0.2, -0.15) is 4.31 Å². The molecule has 1 aliphatic heterocycles. The van der Waals surface area contributed by atoms with Gasteiger partial charge in [0.2, 0.25) is 10.0 Å². The lowest BCUT2D eigenvalue weighted by atomic mass is 10.1. The molecule has 0 aromatic heterocycles. The van der Waals surface area contributed by atoms with Gasteiger partial charge in [-0.05, 0) is 19.1 Å². The molecule has 0 radical (unpaired) electrons. The lowest BCUT2D eigenvalue weighted by Gasteiger charge is -2.36. The Morgan fingerprint density at radius 3 is 2.38 bits per heavy atom. The number of aliphatic hydroxyl groups is 1. The second kappa shape index (κ2) is 4.16. The van der Waals surface area contributed by atoms with Crippen LogP contribution in [0, 0.1) is 12.8 Å². The van der Waals surface area contributed by atoms with Crippen molar-refractivity contribution in [2.24, 2.45) is 5.92 Å². The molecule has 4 nitrogen and oxygen atoms in total. The maximum absolute atomic E-state index is 12.0. The lowest BCUT2D eigenvalue weighted by molar-refractivity contribution is 0.117. The molecule has 0 bridgehead atoms. The summed E-state index contributed by atoms with van der Waals surface area (Å²) < 4.78 is 25.5. The second-order valence-electron chi connectivity index (χ2n) is 4.18. The number of benzene rings is 1. The fourth-order valence-electron chi connectivity index (χ4n) is 1.69. The highest BCUT2D eigenvalue weighted by Gasteiger charge is 2.35. The van der Waals surface area contributed by atoms with Gasteiger partial charge in [-0.15, -0.1) is 0 Å². The highest BCUT2D eigenvalue weighted by molar-refractivity contribution is 7.89. The molecular weight excluding hydrogens is 226 g/mol. The summed E-state index contributed by atoms with van der Waals surface area (Å²) in [6.45, 7) is 2.82. The average Bonchev–Trinajstić information content (AvgIpc) is 2.16. The van der Waals surface area contributed by atoms with E-state index in [0.29, 0.717) is 18.0 Å². The molecule has 16 heavy (non-hydrogen) atoms. The van der Waals surface area contributed by atoms with Crippen LogP contribution >= 0.6 is 0 Å². The van der Waals surface area contributed by atoms with E-state index in [2.05, 4.69) is 0 Å². The predicted molar refractivity (Wildman–Crippen MR) is 60.5 cm³/mol. The summed E-state index contributed by atoms with van der Waals surface area (Å²) in [7, 11) is -3.34. The number of aliphatic hydroxyl groups excluding tert-OH is 1. The van der Waals surface area contributed by atoms with Crippen molar-refractivity contribution in [2.45, 2.75) is 11.8 Å². The van der Waals surface area contributed by atoms with Gasteiger partial charge in [0.05, 0.1) is 4.90 Å². The zero-order valence-corrected chi connectivity index (χ0v) is 9.94. The summed E-state index contributed by atoms with van der Waals surface area (Å²) in [5.41, 5.74) is 1.04. The molecule has 1 saturated heterocycles. The highest BCUT2D eigenvalue weighted by Crippen LogP contribution is 2.24.